The number of amides is 2. The van der Waals surface area contributed by atoms with E-state index in [4.69, 9.17) is 4.74 Å². The Bertz CT molecular complexity index is 845. The molecule has 2 N–H and O–H groups in total. The maximum absolute atomic E-state index is 12.4. The number of carbonyl (C=O) groups excluding carboxylic acids is 3. The Labute approximate surface area is 158 Å². The molecule has 26 heavy (non-hydrogen) atoms. The monoisotopic (exact) mass is 394 g/mol. The van der Waals surface area contributed by atoms with E-state index in [0.29, 0.717) is 22.6 Å². The summed E-state index contributed by atoms with van der Waals surface area (Å²) in [5, 5.41) is 6.54. The van der Waals surface area contributed by atoms with E-state index < -0.39 is 11.6 Å². The quantitative estimate of drug-likeness (QED) is 0.544. The molecule has 0 fully saturated rings. The summed E-state index contributed by atoms with van der Waals surface area (Å²) in [5.41, 5.74) is -0.366. The Morgan fingerprint density at radius 2 is 2.00 bits per heavy atom. The number of ether oxygens (including phenoxy) is 1. The van der Waals surface area contributed by atoms with E-state index in [-0.39, 0.29) is 19.8 Å². The number of rotatable bonds is 7. The van der Waals surface area contributed by atoms with Gasteiger partial charge in [-0.25, -0.2) is 4.79 Å². The summed E-state index contributed by atoms with van der Waals surface area (Å²) in [6.45, 7) is 7.29. The van der Waals surface area contributed by atoms with Gasteiger partial charge in [-0.1, -0.05) is 26.0 Å². The third kappa shape index (κ3) is 4.40. The maximum atomic E-state index is 12.4. The number of carbonyl (C=O) groups is 3. The van der Waals surface area contributed by atoms with Crippen LogP contribution in [-0.2, 0) is 4.79 Å². The van der Waals surface area contributed by atoms with Gasteiger partial charge < -0.3 is 10.1 Å². The fraction of sp³-hybridized carbons (Fsp3) is 0.389. The molecular weight excluding hydrogens is 371 g/mol. The third-order valence-corrected chi connectivity index (χ3v) is 6.31. The minimum absolute atomic E-state index is 0.0173. The van der Waals surface area contributed by atoms with E-state index in [9.17, 15) is 14.4 Å². The van der Waals surface area contributed by atoms with Crippen molar-refractivity contribution in [2.75, 3.05) is 12.4 Å². The van der Waals surface area contributed by atoms with Crippen LogP contribution in [0.25, 0.3) is 10.1 Å². The van der Waals surface area contributed by atoms with E-state index >= 15 is 0 Å². The van der Waals surface area contributed by atoms with Crippen molar-refractivity contribution in [3.8, 4) is 5.75 Å². The smallest absolute Gasteiger partial charge is 0.320 e. The first-order valence-corrected chi connectivity index (χ1v) is 10.0. The van der Waals surface area contributed by atoms with Crippen LogP contribution in [0.3, 0.4) is 0 Å². The van der Waals surface area contributed by atoms with Crippen LogP contribution in [-0.4, -0.2) is 36.1 Å². The first-order chi connectivity index (χ1) is 12.2. The fourth-order valence-electron chi connectivity index (χ4n) is 2.40. The van der Waals surface area contributed by atoms with Crippen LogP contribution in [0.5, 0.6) is 5.75 Å². The number of nitrogens with one attached hydrogen (secondary N) is 2. The minimum atomic E-state index is -0.984. The number of aldehydes is 1. The molecule has 2 amide bonds. The van der Waals surface area contributed by atoms with Gasteiger partial charge >= 0.3 is 6.03 Å². The largest absolute Gasteiger partial charge is 0.495 e. The first kappa shape index (κ1) is 20.3. The standard InChI is InChI=1S/C18H23N2O4PS/c1-10(2)25-16(22)18(3,4)20-17(23)19-15-12(9-21)11-7-6-8-13(24-5)14(11)26-15/h6-10,25H,1-5H3,(H2,19,20,23). The Morgan fingerprint density at radius 1 is 1.31 bits per heavy atom. The second-order valence-corrected chi connectivity index (χ2v) is 9.55. The van der Waals surface area contributed by atoms with E-state index in [1.165, 1.54) is 11.3 Å². The number of benzene rings is 1. The molecule has 0 radical (unpaired) electrons. The van der Waals surface area contributed by atoms with Crippen LogP contribution in [0, 0.1) is 0 Å². The molecule has 0 aliphatic rings. The molecular formula is C18H23N2O4PS. The number of urea groups is 1. The molecule has 1 aromatic heterocycles. The summed E-state index contributed by atoms with van der Waals surface area (Å²) in [5.74, 6) is 0.637. The van der Waals surface area contributed by atoms with Gasteiger partial charge in [0.25, 0.3) is 0 Å². The SMILES string of the molecule is COc1cccc2c(C=O)c(NC(=O)NC(C)(C)C(=O)PC(C)C)sc12. The number of fused-ring (bicyclic) bond motifs is 1. The van der Waals surface area contributed by atoms with Gasteiger partial charge in [0.15, 0.2) is 11.8 Å². The van der Waals surface area contributed by atoms with Gasteiger partial charge in [0.05, 0.1) is 22.9 Å². The summed E-state index contributed by atoms with van der Waals surface area (Å²) in [6.07, 6.45) is 0.713. The highest BCUT2D eigenvalue weighted by molar-refractivity contribution is 7.58. The Morgan fingerprint density at radius 3 is 2.58 bits per heavy atom. The molecule has 2 rings (SSSR count). The Kier molecular flexibility index (Phi) is 6.37. The molecule has 8 heteroatoms. The summed E-state index contributed by atoms with van der Waals surface area (Å²) < 4.78 is 6.10. The van der Waals surface area contributed by atoms with Crippen LogP contribution in [0.15, 0.2) is 18.2 Å². The van der Waals surface area contributed by atoms with Gasteiger partial charge in [-0.3, -0.25) is 14.9 Å². The molecule has 1 heterocycles. The van der Waals surface area contributed by atoms with Crippen molar-refractivity contribution in [1.29, 1.82) is 0 Å². The molecule has 1 aromatic carbocycles. The molecule has 1 unspecified atom stereocenters. The molecule has 140 valence electrons. The second-order valence-electron chi connectivity index (χ2n) is 6.63. The summed E-state index contributed by atoms with van der Waals surface area (Å²) >= 11 is 1.26. The van der Waals surface area contributed by atoms with Gasteiger partial charge in [-0.15, -0.1) is 11.3 Å². The van der Waals surface area contributed by atoms with E-state index in [0.717, 1.165) is 10.1 Å². The third-order valence-electron chi connectivity index (χ3n) is 3.70. The number of methoxy groups -OCH3 is 1. The fourth-order valence-corrected chi connectivity index (χ4v) is 4.50. The van der Waals surface area contributed by atoms with Crippen molar-refractivity contribution in [3.05, 3.63) is 23.8 Å². The summed E-state index contributed by atoms with van der Waals surface area (Å²) in [4.78, 5) is 36.3. The molecule has 0 aliphatic heterocycles. The zero-order valence-electron chi connectivity index (χ0n) is 15.4. The molecule has 0 spiro atoms. The van der Waals surface area contributed by atoms with E-state index in [1.54, 1.807) is 39.2 Å². The Balaban J connectivity index is 2.24. The minimum Gasteiger partial charge on any atom is -0.495 e. The normalized spacial score (nSPS) is 11.9. The number of anilines is 1. The zero-order chi connectivity index (χ0) is 19.5. The van der Waals surface area contributed by atoms with Crippen molar-refractivity contribution in [2.24, 2.45) is 0 Å². The average molecular weight is 394 g/mol. The molecule has 0 saturated carbocycles. The molecule has 1 atom stereocenters. The van der Waals surface area contributed by atoms with Gasteiger partial charge in [-0.05, 0) is 34.2 Å². The van der Waals surface area contributed by atoms with Gasteiger partial charge in [0.1, 0.15) is 10.8 Å². The lowest BCUT2D eigenvalue weighted by molar-refractivity contribution is -0.115. The molecule has 0 saturated heterocycles. The highest BCUT2D eigenvalue weighted by atomic mass is 32.1. The van der Waals surface area contributed by atoms with Crippen molar-refractivity contribution in [2.45, 2.75) is 38.9 Å². The van der Waals surface area contributed by atoms with Crippen molar-refractivity contribution in [3.63, 3.8) is 0 Å². The molecule has 0 bridgehead atoms. The van der Waals surface area contributed by atoms with Crippen molar-refractivity contribution < 1.29 is 19.1 Å². The van der Waals surface area contributed by atoms with E-state index in [1.807, 2.05) is 13.8 Å². The van der Waals surface area contributed by atoms with Crippen molar-refractivity contribution in [1.82, 2.24) is 5.32 Å². The average Bonchev–Trinajstić information content (AvgIpc) is 2.90. The summed E-state index contributed by atoms with van der Waals surface area (Å²) in [6, 6.07) is 4.87. The van der Waals surface area contributed by atoms with Crippen molar-refractivity contribution >= 4 is 52.8 Å². The van der Waals surface area contributed by atoms with Crippen LogP contribution >= 0.6 is 19.9 Å². The van der Waals surface area contributed by atoms with Crippen LogP contribution in [0.1, 0.15) is 38.1 Å². The lowest BCUT2D eigenvalue weighted by Gasteiger charge is -2.25. The second kappa shape index (κ2) is 8.14. The topological polar surface area (TPSA) is 84.5 Å². The molecule has 0 aliphatic carbocycles. The lowest BCUT2D eigenvalue weighted by atomic mass is 10.1. The first-order valence-electron chi connectivity index (χ1n) is 8.14. The number of hydrogen-bond donors (Lipinski definition) is 2. The van der Waals surface area contributed by atoms with Crippen LogP contribution in [0.4, 0.5) is 9.80 Å². The Hall–Kier alpha value is -1.98. The zero-order valence-corrected chi connectivity index (χ0v) is 17.2. The predicted molar refractivity (Wildman–Crippen MR) is 108 cm³/mol. The van der Waals surface area contributed by atoms with Gasteiger partial charge in [-0.2, -0.15) is 0 Å². The molecule has 6 nitrogen and oxygen atoms in total. The van der Waals surface area contributed by atoms with E-state index in [2.05, 4.69) is 10.6 Å². The van der Waals surface area contributed by atoms with Crippen LogP contribution < -0.4 is 15.4 Å². The number of thiophene rings is 1. The highest BCUT2D eigenvalue weighted by Crippen LogP contribution is 2.39. The summed E-state index contributed by atoms with van der Waals surface area (Å²) in [7, 11) is 1.67. The molecule has 2 aromatic rings. The van der Waals surface area contributed by atoms with Crippen LogP contribution in [0.2, 0.25) is 0 Å². The maximum Gasteiger partial charge on any atom is 0.320 e. The van der Waals surface area contributed by atoms with Gasteiger partial charge in [0, 0.05) is 5.39 Å². The highest BCUT2D eigenvalue weighted by Gasteiger charge is 2.30. The predicted octanol–water partition coefficient (Wildman–Crippen LogP) is 4.24. The lowest BCUT2D eigenvalue weighted by Crippen LogP contribution is -2.50. The van der Waals surface area contributed by atoms with Gasteiger partial charge in [0.2, 0.25) is 0 Å². The number of hydrogen-bond acceptors (Lipinski definition) is 5.